The van der Waals surface area contributed by atoms with Gasteiger partial charge in [0, 0.05) is 32.0 Å². The topological polar surface area (TPSA) is 89.8 Å². The maximum absolute atomic E-state index is 5.33. The van der Waals surface area contributed by atoms with E-state index in [2.05, 4.69) is 30.6 Å². The van der Waals surface area contributed by atoms with Gasteiger partial charge in [-0.25, -0.2) is 4.98 Å². The molecular formula is C12H19N7O. The largest absolute Gasteiger partial charge is 0.464 e. The lowest BCUT2D eigenvalue weighted by Gasteiger charge is -2.09. The van der Waals surface area contributed by atoms with E-state index in [9.17, 15) is 0 Å². The Morgan fingerprint density at radius 2 is 1.95 bits per heavy atom. The molecule has 0 aliphatic heterocycles. The van der Waals surface area contributed by atoms with Crippen molar-refractivity contribution in [3.05, 3.63) is 18.7 Å². The highest BCUT2D eigenvalue weighted by Crippen LogP contribution is 2.10. The van der Waals surface area contributed by atoms with E-state index < -0.39 is 0 Å². The van der Waals surface area contributed by atoms with Crippen LogP contribution in [0.25, 0.3) is 0 Å². The highest BCUT2D eigenvalue weighted by atomic mass is 16.5. The Hall–Kier alpha value is -2.38. The quantitative estimate of drug-likeness (QED) is 0.744. The first-order valence-electron chi connectivity index (χ1n) is 6.64. The van der Waals surface area contributed by atoms with Crippen molar-refractivity contribution in [2.24, 2.45) is 0 Å². The highest BCUT2D eigenvalue weighted by molar-refractivity contribution is 5.35. The normalized spacial score (nSPS) is 10.3. The molecule has 0 amide bonds. The van der Waals surface area contributed by atoms with Crippen LogP contribution in [-0.4, -0.2) is 44.2 Å². The Kier molecular flexibility index (Phi) is 5.10. The minimum Gasteiger partial charge on any atom is -0.464 e. The van der Waals surface area contributed by atoms with Gasteiger partial charge in [0.05, 0.1) is 12.9 Å². The molecule has 2 N–H and O–H groups in total. The zero-order chi connectivity index (χ0) is 14.2. The fraction of sp³-hybridized carbons (Fsp3) is 0.500. The smallest absolute Gasteiger partial charge is 0.323 e. The molecule has 2 aromatic heterocycles. The summed E-state index contributed by atoms with van der Waals surface area (Å²) in [5, 5.41) is 6.20. The molecule has 0 aliphatic rings. The van der Waals surface area contributed by atoms with Crippen molar-refractivity contribution in [1.29, 1.82) is 0 Å². The van der Waals surface area contributed by atoms with Gasteiger partial charge in [-0.2, -0.15) is 15.0 Å². The molecule has 0 saturated heterocycles. The van der Waals surface area contributed by atoms with Gasteiger partial charge < -0.3 is 19.9 Å². The van der Waals surface area contributed by atoms with E-state index in [4.69, 9.17) is 4.74 Å². The van der Waals surface area contributed by atoms with Crippen LogP contribution in [0.1, 0.15) is 13.8 Å². The minimum atomic E-state index is 0.323. The number of rotatable bonds is 8. The molecule has 0 atom stereocenters. The van der Waals surface area contributed by atoms with Crippen LogP contribution in [0.3, 0.4) is 0 Å². The van der Waals surface area contributed by atoms with Gasteiger partial charge in [0.1, 0.15) is 0 Å². The van der Waals surface area contributed by atoms with E-state index in [0.29, 0.717) is 31.1 Å². The van der Waals surface area contributed by atoms with Crippen molar-refractivity contribution in [2.45, 2.75) is 20.4 Å². The fourth-order valence-electron chi connectivity index (χ4n) is 1.58. The molecule has 0 unspecified atom stereocenters. The summed E-state index contributed by atoms with van der Waals surface area (Å²) in [6, 6.07) is 0.323. The van der Waals surface area contributed by atoms with Gasteiger partial charge in [-0.05, 0) is 13.8 Å². The van der Waals surface area contributed by atoms with Crippen LogP contribution in [0.5, 0.6) is 6.01 Å². The van der Waals surface area contributed by atoms with Gasteiger partial charge in [0.25, 0.3) is 0 Å². The maximum Gasteiger partial charge on any atom is 0.323 e. The van der Waals surface area contributed by atoms with Gasteiger partial charge in [-0.3, -0.25) is 0 Å². The number of hydrogen-bond acceptors (Lipinski definition) is 7. The molecule has 20 heavy (non-hydrogen) atoms. The Morgan fingerprint density at radius 3 is 2.60 bits per heavy atom. The maximum atomic E-state index is 5.33. The van der Waals surface area contributed by atoms with Crippen molar-refractivity contribution in [2.75, 3.05) is 30.3 Å². The zero-order valence-corrected chi connectivity index (χ0v) is 11.7. The number of aromatic nitrogens is 5. The van der Waals surface area contributed by atoms with E-state index >= 15 is 0 Å². The standard InChI is InChI=1S/C12H19N7O/c1-3-14-10-16-11(18-12(17-10)20-4-2)15-6-8-19-7-5-13-9-19/h5,7,9H,3-4,6,8H2,1-2H3,(H2,14,15,16,17,18). The molecule has 8 nitrogen and oxygen atoms in total. The van der Waals surface area contributed by atoms with E-state index in [1.807, 2.05) is 24.6 Å². The van der Waals surface area contributed by atoms with Gasteiger partial charge in [0.2, 0.25) is 11.9 Å². The van der Waals surface area contributed by atoms with E-state index in [1.54, 1.807) is 12.5 Å². The molecule has 0 saturated carbocycles. The van der Waals surface area contributed by atoms with Gasteiger partial charge in [0.15, 0.2) is 0 Å². The number of anilines is 2. The Morgan fingerprint density at radius 1 is 1.15 bits per heavy atom. The van der Waals surface area contributed by atoms with Crippen molar-refractivity contribution < 1.29 is 4.74 Å². The summed E-state index contributed by atoms with van der Waals surface area (Å²) in [5.74, 6) is 1.01. The summed E-state index contributed by atoms with van der Waals surface area (Å²) in [4.78, 5) is 16.6. The van der Waals surface area contributed by atoms with Crippen LogP contribution in [0.2, 0.25) is 0 Å². The molecule has 108 valence electrons. The van der Waals surface area contributed by atoms with E-state index in [-0.39, 0.29) is 0 Å². The summed E-state index contributed by atoms with van der Waals surface area (Å²) < 4.78 is 7.30. The number of nitrogens with zero attached hydrogens (tertiary/aromatic N) is 5. The summed E-state index contributed by atoms with van der Waals surface area (Å²) in [6.07, 6.45) is 5.43. The molecule has 2 aromatic rings. The lowest BCUT2D eigenvalue weighted by atomic mass is 10.6. The third-order valence-corrected chi connectivity index (χ3v) is 2.44. The first kappa shape index (κ1) is 14.0. The third-order valence-electron chi connectivity index (χ3n) is 2.44. The van der Waals surface area contributed by atoms with Crippen LogP contribution < -0.4 is 15.4 Å². The number of nitrogens with one attached hydrogen (secondary N) is 2. The van der Waals surface area contributed by atoms with Crippen LogP contribution in [0.15, 0.2) is 18.7 Å². The van der Waals surface area contributed by atoms with Crippen molar-refractivity contribution in [1.82, 2.24) is 24.5 Å². The Bertz CT molecular complexity index is 490. The van der Waals surface area contributed by atoms with Gasteiger partial charge >= 0.3 is 6.01 Å². The molecule has 0 fully saturated rings. The van der Waals surface area contributed by atoms with Crippen LogP contribution in [-0.2, 0) is 6.54 Å². The Balaban J connectivity index is 1.97. The first-order chi connectivity index (χ1) is 9.81. The average molecular weight is 277 g/mol. The Labute approximate surface area is 117 Å². The molecule has 0 radical (unpaired) electrons. The lowest BCUT2D eigenvalue weighted by Crippen LogP contribution is -2.14. The van der Waals surface area contributed by atoms with Crippen molar-refractivity contribution in [3.63, 3.8) is 0 Å². The first-order valence-corrected chi connectivity index (χ1v) is 6.64. The number of ether oxygens (including phenoxy) is 1. The fourth-order valence-corrected chi connectivity index (χ4v) is 1.58. The molecule has 8 heteroatoms. The van der Waals surface area contributed by atoms with Crippen LogP contribution in [0.4, 0.5) is 11.9 Å². The minimum absolute atomic E-state index is 0.323. The zero-order valence-electron chi connectivity index (χ0n) is 11.7. The van der Waals surface area contributed by atoms with Gasteiger partial charge in [-0.1, -0.05) is 0 Å². The molecule has 2 heterocycles. The second kappa shape index (κ2) is 7.27. The number of hydrogen-bond donors (Lipinski definition) is 2. The van der Waals surface area contributed by atoms with Crippen molar-refractivity contribution in [3.8, 4) is 6.01 Å². The average Bonchev–Trinajstić information content (AvgIpc) is 2.92. The number of imidazole rings is 1. The summed E-state index contributed by atoms with van der Waals surface area (Å²) in [5.41, 5.74) is 0. The van der Waals surface area contributed by atoms with Crippen LogP contribution >= 0.6 is 0 Å². The van der Waals surface area contributed by atoms with Crippen molar-refractivity contribution >= 4 is 11.9 Å². The predicted molar refractivity (Wildman–Crippen MR) is 75.9 cm³/mol. The molecule has 2 rings (SSSR count). The monoisotopic (exact) mass is 277 g/mol. The van der Waals surface area contributed by atoms with Gasteiger partial charge in [-0.15, -0.1) is 0 Å². The molecule has 0 spiro atoms. The molecule has 0 aliphatic carbocycles. The van der Waals surface area contributed by atoms with Crippen LogP contribution in [0, 0.1) is 0 Å². The second-order valence-corrected chi connectivity index (χ2v) is 3.96. The third kappa shape index (κ3) is 4.08. The van der Waals surface area contributed by atoms with E-state index in [0.717, 1.165) is 13.1 Å². The SMILES string of the molecule is CCNc1nc(NCCn2ccnc2)nc(OCC)n1. The summed E-state index contributed by atoms with van der Waals surface area (Å²) >= 11 is 0. The van der Waals surface area contributed by atoms with E-state index in [1.165, 1.54) is 0 Å². The summed E-state index contributed by atoms with van der Waals surface area (Å²) in [6.45, 7) is 6.61. The predicted octanol–water partition coefficient (Wildman–Crippen LogP) is 1.01. The summed E-state index contributed by atoms with van der Waals surface area (Å²) in [7, 11) is 0. The molecular weight excluding hydrogens is 258 g/mol. The molecule has 0 bridgehead atoms. The lowest BCUT2D eigenvalue weighted by molar-refractivity contribution is 0.312. The second-order valence-electron chi connectivity index (χ2n) is 3.96. The molecule has 0 aromatic carbocycles. The highest BCUT2D eigenvalue weighted by Gasteiger charge is 2.06.